The Bertz CT molecular complexity index is 311. The van der Waals surface area contributed by atoms with Crippen LogP contribution < -0.4 is 5.73 Å². The molecule has 0 amide bonds. The number of nitriles is 1. The van der Waals surface area contributed by atoms with E-state index in [1.165, 1.54) is 0 Å². The summed E-state index contributed by atoms with van der Waals surface area (Å²) in [5, 5.41) is 12.6. The first-order valence-corrected chi connectivity index (χ1v) is 4.55. The number of hydrogen-bond acceptors (Lipinski definition) is 4. The highest BCUT2D eigenvalue weighted by Crippen LogP contribution is 2.14. The molecule has 0 atom stereocenters. The van der Waals surface area contributed by atoms with Crippen molar-refractivity contribution in [2.75, 3.05) is 18.9 Å². The molecule has 0 bridgehead atoms. The Balaban J connectivity index is 2.22. The SMILES string of the molecule is N#CCCOCCn1cc(Cl)c(N)n1. The monoisotopic (exact) mass is 214 g/mol. The molecule has 0 saturated heterocycles. The maximum atomic E-state index is 8.24. The standard InChI is InChI=1S/C8H11ClN4O/c9-7-6-13(12-8(7)11)3-5-14-4-1-2-10/h6H,1,3-5H2,(H2,11,12). The number of rotatable bonds is 5. The normalized spacial score (nSPS) is 10.0. The van der Waals surface area contributed by atoms with E-state index < -0.39 is 0 Å². The maximum absolute atomic E-state index is 8.24. The molecular weight excluding hydrogens is 204 g/mol. The Morgan fingerprint density at radius 2 is 2.43 bits per heavy atom. The highest BCUT2D eigenvalue weighted by Gasteiger charge is 2.01. The smallest absolute Gasteiger partial charge is 0.164 e. The fraction of sp³-hybridized carbons (Fsp3) is 0.500. The summed E-state index contributed by atoms with van der Waals surface area (Å²) >= 11 is 5.70. The van der Waals surface area contributed by atoms with E-state index in [1.54, 1.807) is 10.9 Å². The minimum atomic E-state index is 0.323. The molecule has 0 aromatic carbocycles. The van der Waals surface area contributed by atoms with Crippen LogP contribution in [0.2, 0.25) is 5.02 Å². The number of hydrogen-bond donors (Lipinski definition) is 1. The van der Waals surface area contributed by atoms with Crippen molar-refractivity contribution in [2.24, 2.45) is 0 Å². The van der Waals surface area contributed by atoms with Crippen molar-refractivity contribution in [1.29, 1.82) is 5.26 Å². The average Bonchev–Trinajstić information content (AvgIpc) is 2.46. The molecule has 0 aliphatic heterocycles. The molecule has 1 aromatic heterocycles. The van der Waals surface area contributed by atoms with Gasteiger partial charge in [-0.05, 0) is 0 Å². The highest BCUT2D eigenvalue weighted by molar-refractivity contribution is 6.32. The van der Waals surface area contributed by atoms with Gasteiger partial charge in [0.2, 0.25) is 0 Å². The van der Waals surface area contributed by atoms with Gasteiger partial charge >= 0.3 is 0 Å². The molecule has 14 heavy (non-hydrogen) atoms. The van der Waals surface area contributed by atoms with E-state index in [4.69, 9.17) is 27.3 Å². The first-order valence-electron chi connectivity index (χ1n) is 4.17. The van der Waals surface area contributed by atoms with Crippen LogP contribution in [-0.4, -0.2) is 23.0 Å². The third-order valence-electron chi connectivity index (χ3n) is 1.57. The lowest BCUT2D eigenvalue weighted by molar-refractivity contribution is 0.129. The van der Waals surface area contributed by atoms with Crippen LogP contribution >= 0.6 is 11.6 Å². The van der Waals surface area contributed by atoms with Crippen molar-refractivity contribution >= 4 is 17.4 Å². The van der Waals surface area contributed by atoms with Crippen LogP contribution in [0.3, 0.4) is 0 Å². The zero-order valence-corrected chi connectivity index (χ0v) is 8.37. The van der Waals surface area contributed by atoms with Gasteiger partial charge in [0.15, 0.2) is 5.82 Å². The van der Waals surface area contributed by atoms with Gasteiger partial charge in [-0.15, -0.1) is 0 Å². The van der Waals surface area contributed by atoms with Gasteiger partial charge in [-0.1, -0.05) is 11.6 Å². The van der Waals surface area contributed by atoms with Crippen LogP contribution in [0.4, 0.5) is 5.82 Å². The Morgan fingerprint density at radius 3 is 3.00 bits per heavy atom. The molecule has 1 heterocycles. The fourth-order valence-corrected chi connectivity index (χ4v) is 1.05. The highest BCUT2D eigenvalue weighted by atomic mass is 35.5. The van der Waals surface area contributed by atoms with Gasteiger partial charge in [-0.3, -0.25) is 4.68 Å². The number of aromatic nitrogens is 2. The van der Waals surface area contributed by atoms with Crippen molar-refractivity contribution in [2.45, 2.75) is 13.0 Å². The molecule has 2 N–H and O–H groups in total. The minimum Gasteiger partial charge on any atom is -0.381 e. The molecule has 5 nitrogen and oxygen atoms in total. The van der Waals surface area contributed by atoms with E-state index in [0.29, 0.717) is 37.0 Å². The van der Waals surface area contributed by atoms with Crippen molar-refractivity contribution in [1.82, 2.24) is 9.78 Å². The van der Waals surface area contributed by atoms with Crippen molar-refractivity contribution in [3.8, 4) is 6.07 Å². The van der Waals surface area contributed by atoms with E-state index in [1.807, 2.05) is 6.07 Å². The van der Waals surface area contributed by atoms with E-state index >= 15 is 0 Å². The van der Waals surface area contributed by atoms with E-state index in [0.717, 1.165) is 0 Å². The second-order valence-corrected chi connectivity index (χ2v) is 3.05. The predicted molar refractivity (Wildman–Crippen MR) is 52.7 cm³/mol. The molecule has 6 heteroatoms. The van der Waals surface area contributed by atoms with Gasteiger partial charge in [0.05, 0.1) is 32.2 Å². The lowest BCUT2D eigenvalue weighted by atomic mass is 10.5. The predicted octanol–water partition coefficient (Wildman–Crippen LogP) is 1.05. The Hall–Kier alpha value is -1.25. The van der Waals surface area contributed by atoms with Crippen molar-refractivity contribution in [3.63, 3.8) is 0 Å². The number of nitrogen functional groups attached to an aromatic ring is 1. The van der Waals surface area contributed by atoms with Gasteiger partial charge in [-0.2, -0.15) is 10.4 Å². The molecule has 0 unspecified atom stereocenters. The lowest BCUT2D eigenvalue weighted by Gasteiger charge is -2.01. The third kappa shape index (κ3) is 3.24. The summed E-state index contributed by atoms with van der Waals surface area (Å²) in [5.74, 6) is 0.323. The molecule has 76 valence electrons. The summed E-state index contributed by atoms with van der Waals surface area (Å²) < 4.78 is 6.77. The topological polar surface area (TPSA) is 76.9 Å². The zero-order valence-electron chi connectivity index (χ0n) is 7.61. The van der Waals surface area contributed by atoms with Crippen LogP contribution in [0.1, 0.15) is 6.42 Å². The van der Waals surface area contributed by atoms with Crippen LogP contribution in [-0.2, 0) is 11.3 Å². The molecule has 1 aromatic rings. The summed E-state index contributed by atoms with van der Waals surface area (Å²) in [6, 6.07) is 1.99. The largest absolute Gasteiger partial charge is 0.381 e. The molecule has 0 aliphatic rings. The van der Waals surface area contributed by atoms with Crippen LogP contribution in [0, 0.1) is 11.3 Å². The third-order valence-corrected chi connectivity index (χ3v) is 1.86. The average molecular weight is 215 g/mol. The molecule has 0 saturated carbocycles. The van der Waals surface area contributed by atoms with E-state index in [9.17, 15) is 0 Å². The van der Waals surface area contributed by atoms with Gasteiger partial charge in [-0.25, -0.2) is 0 Å². The quantitative estimate of drug-likeness (QED) is 0.744. The molecule has 0 radical (unpaired) electrons. The van der Waals surface area contributed by atoms with Gasteiger partial charge in [0.1, 0.15) is 5.02 Å². The second kappa shape index (κ2) is 5.47. The number of halogens is 1. The molecular formula is C8H11ClN4O. The van der Waals surface area contributed by atoms with Crippen LogP contribution in [0.15, 0.2) is 6.20 Å². The first-order chi connectivity index (χ1) is 6.74. The van der Waals surface area contributed by atoms with Gasteiger partial charge in [0, 0.05) is 6.20 Å². The summed E-state index contributed by atoms with van der Waals surface area (Å²) in [6.07, 6.45) is 2.05. The van der Waals surface area contributed by atoms with Crippen molar-refractivity contribution < 1.29 is 4.74 Å². The van der Waals surface area contributed by atoms with Crippen LogP contribution in [0.5, 0.6) is 0 Å². The summed E-state index contributed by atoms with van der Waals surface area (Å²) in [6.45, 7) is 1.53. The van der Waals surface area contributed by atoms with E-state index in [-0.39, 0.29) is 0 Å². The Kier molecular flexibility index (Phi) is 4.23. The number of ether oxygens (including phenoxy) is 1. The molecule has 1 rings (SSSR count). The second-order valence-electron chi connectivity index (χ2n) is 2.65. The number of nitrogens with two attached hydrogens (primary N) is 1. The zero-order chi connectivity index (χ0) is 10.4. The Labute approximate surface area is 87.0 Å². The summed E-state index contributed by atoms with van der Waals surface area (Å²) in [4.78, 5) is 0. The van der Waals surface area contributed by atoms with Crippen LogP contribution in [0.25, 0.3) is 0 Å². The van der Waals surface area contributed by atoms with Crippen molar-refractivity contribution in [3.05, 3.63) is 11.2 Å². The molecule has 0 fully saturated rings. The summed E-state index contributed by atoms with van der Waals surface area (Å²) in [7, 11) is 0. The lowest BCUT2D eigenvalue weighted by Crippen LogP contribution is -2.07. The first kappa shape index (κ1) is 10.8. The van der Waals surface area contributed by atoms with Gasteiger partial charge < -0.3 is 10.5 Å². The molecule has 0 spiro atoms. The van der Waals surface area contributed by atoms with E-state index in [2.05, 4.69) is 5.10 Å². The molecule has 0 aliphatic carbocycles. The number of nitrogens with zero attached hydrogens (tertiary/aromatic N) is 3. The summed E-state index contributed by atoms with van der Waals surface area (Å²) in [5.41, 5.74) is 5.44. The Morgan fingerprint density at radius 1 is 1.64 bits per heavy atom. The number of anilines is 1. The fourth-order valence-electron chi connectivity index (χ4n) is 0.904. The minimum absolute atomic E-state index is 0.323. The maximum Gasteiger partial charge on any atom is 0.164 e. The van der Waals surface area contributed by atoms with Gasteiger partial charge in [0.25, 0.3) is 0 Å².